The molecule has 0 saturated carbocycles. The van der Waals surface area contributed by atoms with Crippen molar-refractivity contribution in [3.8, 4) is 0 Å². The van der Waals surface area contributed by atoms with Gasteiger partial charge in [0.15, 0.2) is 0 Å². The molecule has 0 spiro atoms. The van der Waals surface area contributed by atoms with Crippen molar-refractivity contribution in [2.45, 2.75) is 49.8 Å². The van der Waals surface area contributed by atoms with Crippen LogP contribution in [0.1, 0.15) is 53.6 Å². The Labute approximate surface area is 238 Å². The molecule has 0 N–H and O–H groups in total. The van der Waals surface area contributed by atoms with Crippen molar-refractivity contribution in [1.82, 2.24) is 2.84 Å². The molecule has 4 aromatic carbocycles. The molecule has 2 aliphatic carbocycles. The van der Waals surface area contributed by atoms with E-state index in [0.29, 0.717) is 15.7 Å². The Morgan fingerprint density at radius 3 is 2.22 bits per heavy atom. The molecule has 5 heteroatoms. The van der Waals surface area contributed by atoms with E-state index in [9.17, 15) is 0 Å². The van der Waals surface area contributed by atoms with Gasteiger partial charge >= 0.3 is 216 Å². The summed E-state index contributed by atoms with van der Waals surface area (Å²) in [5.41, 5.74) is 5.81. The van der Waals surface area contributed by atoms with E-state index in [1.807, 2.05) is 0 Å². The summed E-state index contributed by atoms with van der Waals surface area (Å²) in [6, 6.07) is 28.1. The van der Waals surface area contributed by atoms with Crippen LogP contribution in [0.25, 0.3) is 30.9 Å². The quantitative estimate of drug-likeness (QED) is 0.163. The summed E-state index contributed by atoms with van der Waals surface area (Å²) in [6.07, 6.45) is 8.41. The normalized spacial score (nSPS) is 17.5. The zero-order valence-corrected chi connectivity index (χ0v) is 26.2. The number of nitrogens with zero attached hydrogens (tertiary/aromatic N) is 1. The number of hydrogen-bond donors (Lipinski definition) is 0. The zero-order chi connectivity index (χ0) is 24.3. The summed E-state index contributed by atoms with van der Waals surface area (Å²) >= 11 is -3.48. The molecule has 0 amide bonds. The Kier molecular flexibility index (Phi) is 8.33. The van der Waals surface area contributed by atoms with E-state index in [4.69, 9.17) is 4.94 Å². The first-order chi connectivity index (χ1) is 16.9. The van der Waals surface area contributed by atoms with Crippen LogP contribution in [-0.4, -0.2) is 19.9 Å². The van der Waals surface area contributed by atoms with Gasteiger partial charge in [-0.15, -0.1) is 24.8 Å². The molecular formula is C32H35BCl2NZr. The fourth-order valence-electron chi connectivity index (χ4n) is 7.01. The van der Waals surface area contributed by atoms with Crippen LogP contribution in [0.15, 0.2) is 84.9 Å². The first kappa shape index (κ1) is 28.4. The number of halogens is 2. The summed E-state index contributed by atoms with van der Waals surface area (Å²) in [5.74, 6) is 0. The Morgan fingerprint density at radius 2 is 1.46 bits per heavy atom. The molecule has 4 aromatic rings. The standard InChI is InChI=1S/C17H11.C9H7.C6H14N.BH.2ClH.Zr/c1-2-6-15-12(4-1)8-10-14-11-9-13-5-3-7-16(13)17(14)15;1-2-5-9-7-3-6-8(9)4-1;1-5(2)7-6(3)4;;;;/h1-4,6,8-11H,7H2;1-7H;5-6H,1-4H3;3*1H;/q;;-1;;;;+1. The topological polar surface area (TPSA) is 3.24 Å². The van der Waals surface area contributed by atoms with Gasteiger partial charge in [-0.25, -0.2) is 0 Å². The summed E-state index contributed by atoms with van der Waals surface area (Å²) < 4.78 is 4.84. The number of benzene rings is 4. The second-order valence-corrected chi connectivity index (χ2v) is 19.4. The van der Waals surface area contributed by atoms with Crippen LogP contribution >= 0.6 is 24.8 Å². The zero-order valence-electron chi connectivity index (χ0n) is 22.1. The van der Waals surface area contributed by atoms with Gasteiger partial charge in [0.2, 0.25) is 0 Å². The van der Waals surface area contributed by atoms with Gasteiger partial charge in [-0.05, 0) is 0 Å². The molecule has 6 rings (SSSR count). The number of fused-ring (bicyclic) bond motifs is 6. The Bertz CT molecular complexity index is 1580. The van der Waals surface area contributed by atoms with Crippen LogP contribution < -0.4 is 0 Å². The minimum atomic E-state index is -3.48. The molecular weight excluding hydrogens is 571 g/mol. The average Bonchev–Trinajstić information content (AvgIpc) is 3.48. The molecule has 37 heavy (non-hydrogen) atoms. The second-order valence-electron chi connectivity index (χ2n) is 10.8. The Balaban J connectivity index is 0.00000160. The van der Waals surface area contributed by atoms with E-state index >= 15 is 0 Å². The molecule has 0 bridgehead atoms. The van der Waals surface area contributed by atoms with Crippen molar-refractivity contribution in [1.29, 1.82) is 0 Å². The van der Waals surface area contributed by atoms with Gasteiger partial charge in [0.1, 0.15) is 0 Å². The number of allylic oxidation sites excluding steroid dienone is 2. The van der Waals surface area contributed by atoms with Crippen LogP contribution in [0.3, 0.4) is 0 Å². The molecule has 0 saturated heterocycles. The monoisotopic (exact) mass is 604 g/mol. The van der Waals surface area contributed by atoms with Gasteiger partial charge in [-0.1, -0.05) is 0 Å². The maximum absolute atomic E-state index is 5.33. The van der Waals surface area contributed by atoms with Crippen molar-refractivity contribution in [3.63, 3.8) is 0 Å². The van der Waals surface area contributed by atoms with Crippen LogP contribution in [0.4, 0.5) is 0 Å². The van der Waals surface area contributed by atoms with Crippen LogP contribution in [0.5, 0.6) is 0 Å². The fourth-order valence-corrected chi connectivity index (χ4v) is 19.6. The predicted molar refractivity (Wildman–Crippen MR) is 165 cm³/mol. The van der Waals surface area contributed by atoms with E-state index in [1.165, 1.54) is 43.8 Å². The van der Waals surface area contributed by atoms with E-state index < -0.39 is 19.8 Å². The molecule has 0 heterocycles. The Hall–Kier alpha value is -1.63. The van der Waals surface area contributed by atoms with Gasteiger partial charge < -0.3 is 0 Å². The maximum atomic E-state index is 5.33. The van der Waals surface area contributed by atoms with Gasteiger partial charge in [0, 0.05) is 0 Å². The van der Waals surface area contributed by atoms with Gasteiger partial charge in [-0.2, -0.15) is 0 Å². The first-order valence-corrected chi connectivity index (χ1v) is 18.4. The molecule has 2 atom stereocenters. The summed E-state index contributed by atoms with van der Waals surface area (Å²) in [6.45, 7) is 9.47. The fraction of sp³-hybridized carbons (Fsp3) is 0.250. The predicted octanol–water partition coefficient (Wildman–Crippen LogP) is 8.51. The second kappa shape index (κ2) is 10.9. The molecule has 0 aromatic heterocycles. The summed E-state index contributed by atoms with van der Waals surface area (Å²) in [7, 11) is 0. The van der Waals surface area contributed by atoms with E-state index in [0.717, 1.165) is 6.42 Å². The Morgan fingerprint density at radius 1 is 0.811 bits per heavy atom. The van der Waals surface area contributed by atoms with Crippen LogP contribution in [0.2, 0.25) is 0 Å². The third-order valence-electron chi connectivity index (χ3n) is 8.17. The molecule has 0 aliphatic heterocycles. The van der Waals surface area contributed by atoms with Crippen molar-refractivity contribution >= 4 is 60.7 Å². The van der Waals surface area contributed by atoms with Crippen molar-refractivity contribution in [2.24, 2.45) is 0 Å². The van der Waals surface area contributed by atoms with Crippen molar-refractivity contribution in [2.75, 3.05) is 0 Å². The molecule has 0 radical (unpaired) electrons. The SMILES string of the molecule is Cl.Cl.[BH]=[Zr]([C]1=CCc2c1ccc1ccc3ccccc3c21)([CH]1C=Cc2ccccc21)[N](C(C)C)C(C)C. The molecule has 2 aliphatic rings. The average molecular weight is 607 g/mol. The third kappa shape index (κ3) is 4.41. The van der Waals surface area contributed by atoms with Crippen LogP contribution in [-0.2, 0) is 26.2 Å². The van der Waals surface area contributed by atoms with E-state index in [1.54, 1.807) is 3.28 Å². The van der Waals surface area contributed by atoms with E-state index in [2.05, 4.69) is 122 Å². The summed E-state index contributed by atoms with van der Waals surface area (Å²) in [5, 5.41) is 5.48. The van der Waals surface area contributed by atoms with Gasteiger partial charge in [-0.3, -0.25) is 0 Å². The number of rotatable bonds is 5. The molecule has 1 nitrogen and oxygen atoms in total. The van der Waals surface area contributed by atoms with Crippen molar-refractivity contribution < 1.29 is 19.8 Å². The molecule has 189 valence electrons. The minimum absolute atomic E-state index is 0. The van der Waals surface area contributed by atoms with E-state index in [-0.39, 0.29) is 24.8 Å². The molecule has 2 unspecified atom stereocenters. The third-order valence-corrected chi connectivity index (χ3v) is 20.2. The first-order valence-electron chi connectivity index (χ1n) is 13.0. The van der Waals surface area contributed by atoms with Crippen molar-refractivity contribution in [3.05, 3.63) is 107 Å². The molecule has 0 fully saturated rings. The van der Waals surface area contributed by atoms with Gasteiger partial charge in [0.25, 0.3) is 0 Å². The van der Waals surface area contributed by atoms with Crippen LogP contribution in [0, 0.1) is 0 Å². The number of hydrogen-bond acceptors (Lipinski definition) is 1. The summed E-state index contributed by atoms with van der Waals surface area (Å²) in [4.78, 5) is 5.33. The van der Waals surface area contributed by atoms with Gasteiger partial charge in [0.05, 0.1) is 0 Å².